The summed E-state index contributed by atoms with van der Waals surface area (Å²) in [5, 5.41) is 23.1. The summed E-state index contributed by atoms with van der Waals surface area (Å²) in [5.41, 5.74) is 1.47. The molecule has 0 bridgehead atoms. The van der Waals surface area contributed by atoms with Crippen molar-refractivity contribution in [1.82, 2.24) is 0 Å². The molecule has 0 radical (unpaired) electrons. The molecule has 0 saturated heterocycles. The van der Waals surface area contributed by atoms with E-state index in [9.17, 15) is 25.0 Å². The van der Waals surface area contributed by atoms with Gasteiger partial charge >= 0.3 is 5.97 Å². The van der Waals surface area contributed by atoms with Gasteiger partial charge in [0.15, 0.2) is 0 Å². The number of esters is 1. The molecule has 1 aliphatic carbocycles. The first-order valence-corrected chi connectivity index (χ1v) is 9.24. The van der Waals surface area contributed by atoms with Crippen LogP contribution in [0.25, 0.3) is 0 Å². The van der Waals surface area contributed by atoms with Crippen LogP contribution < -0.4 is 0 Å². The van der Waals surface area contributed by atoms with E-state index in [2.05, 4.69) is 0 Å². The van der Waals surface area contributed by atoms with E-state index in [1.165, 1.54) is 12.1 Å². The Balaban J connectivity index is 2.08. The number of carbonyl (C=O) groups excluding carboxylic acids is 1. The zero-order valence-corrected chi connectivity index (χ0v) is 15.8. The molecule has 0 unspecified atom stereocenters. The summed E-state index contributed by atoms with van der Waals surface area (Å²) < 4.78 is 5.14. The lowest BCUT2D eigenvalue weighted by molar-refractivity contribution is -0.530. The molecule has 0 amide bonds. The van der Waals surface area contributed by atoms with Crippen molar-refractivity contribution < 1.29 is 19.4 Å². The minimum atomic E-state index is -1.11. The van der Waals surface area contributed by atoms with Crippen molar-refractivity contribution in [2.24, 2.45) is 0 Å². The van der Waals surface area contributed by atoms with Gasteiger partial charge in [-0.15, -0.1) is 0 Å². The van der Waals surface area contributed by atoms with Crippen molar-refractivity contribution in [2.75, 3.05) is 6.61 Å². The minimum Gasteiger partial charge on any atom is -0.463 e. The summed E-state index contributed by atoms with van der Waals surface area (Å²) in [6.07, 6.45) is 1.96. The summed E-state index contributed by atoms with van der Waals surface area (Å²) in [6.45, 7) is 1.86. The van der Waals surface area contributed by atoms with Crippen LogP contribution in [0, 0.1) is 20.2 Å². The molecule has 8 heteroatoms. The molecule has 150 valence electrons. The van der Waals surface area contributed by atoms with Gasteiger partial charge in [0.1, 0.15) is 0 Å². The van der Waals surface area contributed by atoms with E-state index in [0.717, 1.165) is 0 Å². The molecule has 29 heavy (non-hydrogen) atoms. The van der Waals surface area contributed by atoms with E-state index in [-0.39, 0.29) is 29.2 Å². The van der Waals surface area contributed by atoms with E-state index in [4.69, 9.17) is 4.74 Å². The lowest BCUT2D eigenvalue weighted by Gasteiger charge is -2.32. The number of nitrogens with zero attached hydrogens (tertiary/aromatic N) is 2. The van der Waals surface area contributed by atoms with Crippen LogP contribution in [0.5, 0.6) is 0 Å². The number of hydrogen-bond acceptors (Lipinski definition) is 6. The van der Waals surface area contributed by atoms with Crippen molar-refractivity contribution in [1.29, 1.82) is 0 Å². The lowest BCUT2D eigenvalue weighted by Crippen LogP contribution is -2.39. The van der Waals surface area contributed by atoms with Gasteiger partial charge in [0, 0.05) is 22.6 Å². The largest absolute Gasteiger partial charge is 0.463 e. The van der Waals surface area contributed by atoms with Gasteiger partial charge in [0.2, 0.25) is 6.04 Å². The molecule has 0 fully saturated rings. The topological polar surface area (TPSA) is 113 Å². The first kappa shape index (κ1) is 20.2. The molecule has 2 aromatic rings. The molecule has 8 nitrogen and oxygen atoms in total. The second-order valence-electron chi connectivity index (χ2n) is 6.74. The summed E-state index contributed by atoms with van der Waals surface area (Å²) in [5.74, 6) is -1.87. The molecule has 3 atom stereocenters. The Morgan fingerprint density at radius 2 is 1.69 bits per heavy atom. The zero-order valence-electron chi connectivity index (χ0n) is 15.8. The maximum Gasteiger partial charge on any atom is 0.334 e. The Labute approximate surface area is 167 Å². The third-order valence-electron chi connectivity index (χ3n) is 5.13. The molecule has 2 aromatic carbocycles. The monoisotopic (exact) mass is 396 g/mol. The van der Waals surface area contributed by atoms with E-state index < -0.39 is 28.8 Å². The molecule has 3 rings (SSSR count). The second kappa shape index (κ2) is 8.64. The smallest absolute Gasteiger partial charge is 0.334 e. The van der Waals surface area contributed by atoms with Crippen molar-refractivity contribution in [3.8, 4) is 0 Å². The Morgan fingerprint density at radius 1 is 1.03 bits per heavy atom. The number of carbonyl (C=O) groups is 1. The first-order chi connectivity index (χ1) is 13.9. The van der Waals surface area contributed by atoms with Gasteiger partial charge in [-0.1, -0.05) is 48.5 Å². The highest BCUT2D eigenvalue weighted by atomic mass is 16.6. The summed E-state index contributed by atoms with van der Waals surface area (Å²) in [6, 6.07) is 13.5. The predicted molar refractivity (Wildman–Crippen MR) is 105 cm³/mol. The molecule has 0 saturated carbocycles. The van der Waals surface area contributed by atoms with Gasteiger partial charge in [-0.25, -0.2) is 4.79 Å². The van der Waals surface area contributed by atoms with Crippen molar-refractivity contribution >= 4 is 11.7 Å². The number of benzene rings is 2. The molecular weight excluding hydrogens is 376 g/mol. The average Bonchev–Trinajstić information content (AvgIpc) is 2.73. The normalized spacial score (nSPS) is 21.1. The Kier molecular flexibility index (Phi) is 6.01. The minimum absolute atomic E-state index is 0.0791. The SMILES string of the molecule is CCOC(=O)C1=CC[C@@H](c2ccc([N+](=O)[O-])cc2)[C@@H]([N+](=O)[O-])[C@H]1c1ccccc1. The number of rotatable bonds is 6. The Hall–Kier alpha value is -3.55. The van der Waals surface area contributed by atoms with Crippen LogP contribution in [0.1, 0.15) is 36.3 Å². The van der Waals surface area contributed by atoms with Crippen molar-refractivity contribution in [3.63, 3.8) is 0 Å². The standard InChI is InChI=1S/C21H20N2O6/c1-2-29-21(24)18-13-12-17(14-8-10-16(11-9-14)22(25)26)20(23(27)28)19(18)15-6-4-3-5-7-15/h3-11,13,17,19-20H,2,12H2,1H3/t17-,19-,20+/m0/s1. The maximum absolute atomic E-state index is 12.5. The van der Waals surface area contributed by atoms with E-state index in [1.807, 2.05) is 0 Å². The fraction of sp³-hybridized carbons (Fsp3) is 0.286. The van der Waals surface area contributed by atoms with E-state index in [1.54, 1.807) is 55.5 Å². The van der Waals surface area contributed by atoms with Crippen LogP contribution in [-0.2, 0) is 9.53 Å². The van der Waals surface area contributed by atoms with Gasteiger partial charge in [-0.05, 0) is 24.5 Å². The molecule has 0 N–H and O–H groups in total. The van der Waals surface area contributed by atoms with Crippen LogP contribution in [0.3, 0.4) is 0 Å². The maximum atomic E-state index is 12.5. The van der Waals surface area contributed by atoms with Gasteiger partial charge < -0.3 is 4.74 Å². The number of ether oxygens (including phenoxy) is 1. The molecule has 0 aromatic heterocycles. The van der Waals surface area contributed by atoms with Gasteiger partial charge in [0.25, 0.3) is 5.69 Å². The van der Waals surface area contributed by atoms with E-state index in [0.29, 0.717) is 11.1 Å². The Morgan fingerprint density at radius 3 is 2.24 bits per heavy atom. The predicted octanol–water partition coefficient (Wildman–Crippen LogP) is 4.00. The van der Waals surface area contributed by atoms with Crippen LogP contribution in [-0.4, -0.2) is 28.5 Å². The van der Waals surface area contributed by atoms with Crippen LogP contribution in [0.15, 0.2) is 66.2 Å². The average molecular weight is 396 g/mol. The Bertz CT molecular complexity index is 939. The van der Waals surface area contributed by atoms with E-state index >= 15 is 0 Å². The third-order valence-corrected chi connectivity index (χ3v) is 5.13. The first-order valence-electron chi connectivity index (χ1n) is 9.24. The fourth-order valence-corrected chi connectivity index (χ4v) is 3.84. The molecule has 0 heterocycles. The van der Waals surface area contributed by atoms with Crippen LogP contribution >= 0.6 is 0 Å². The molecule has 1 aliphatic rings. The van der Waals surface area contributed by atoms with Gasteiger partial charge in [-0.3, -0.25) is 20.2 Å². The van der Waals surface area contributed by atoms with Crippen LogP contribution in [0.2, 0.25) is 0 Å². The third kappa shape index (κ3) is 4.16. The van der Waals surface area contributed by atoms with Gasteiger partial charge in [0.05, 0.1) is 23.4 Å². The summed E-state index contributed by atoms with van der Waals surface area (Å²) in [7, 11) is 0. The number of nitro benzene ring substituents is 1. The van der Waals surface area contributed by atoms with Gasteiger partial charge in [-0.2, -0.15) is 0 Å². The highest BCUT2D eigenvalue weighted by molar-refractivity contribution is 5.90. The number of allylic oxidation sites excluding steroid dienone is 1. The molecule has 0 spiro atoms. The van der Waals surface area contributed by atoms with Crippen molar-refractivity contribution in [3.05, 3.63) is 97.6 Å². The summed E-state index contributed by atoms with van der Waals surface area (Å²) in [4.78, 5) is 34.7. The highest BCUT2D eigenvalue weighted by Crippen LogP contribution is 2.44. The number of non-ortho nitro benzene ring substituents is 1. The van der Waals surface area contributed by atoms with Crippen molar-refractivity contribution in [2.45, 2.75) is 31.2 Å². The summed E-state index contributed by atoms with van der Waals surface area (Å²) >= 11 is 0. The zero-order chi connectivity index (χ0) is 21.0. The number of hydrogen-bond donors (Lipinski definition) is 0. The number of nitro groups is 2. The highest BCUT2D eigenvalue weighted by Gasteiger charge is 2.47. The molecular formula is C21H20N2O6. The fourth-order valence-electron chi connectivity index (χ4n) is 3.84. The molecule has 0 aliphatic heterocycles. The van der Waals surface area contributed by atoms with Crippen LogP contribution in [0.4, 0.5) is 5.69 Å². The lowest BCUT2D eigenvalue weighted by atomic mass is 9.71. The quantitative estimate of drug-likeness (QED) is 0.414. The second-order valence-corrected chi connectivity index (χ2v) is 6.74.